The van der Waals surface area contributed by atoms with Gasteiger partial charge >= 0.3 is 5.97 Å². The van der Waals surface area contributed by atoms with E-state index >= 15 is 0 Å². The van der Waals surface area contributed by atoms with Gasteiger partial charge in [-0.15, -0.1) is 11.3 Å². The summed E-state index contributed by atoms with van der Waals surface area (Å²) < 4.78 is 26.4. The molecule has 3 N–H and O–H groups in total. The molecule has 0 aliphatic carbocycles. The summed E-state index contributed by atoms with van der Waals surface area (Å²) in [6, 6.07) is 1.92. The van der Waals surface area contributed by atoms with Crippen molar-refractivity contribution in [2.45, 2.75) is 24.4 Å². The van der Waals surface area contributed by atoms with Gasteiger partial charge in [0.15, 0.2) is 11.1 Å². The van der Waals surface area contributed by atoms with Crippen LogP contribution in [0, 0.1) is 0 Å². The Bertz CT molecular complexity index is 691. The van der Waals surface area contributed by atoms with Gasteiger partial charge < -0.3 is 10.1 Å². The highest BCUT2D eigenvalue weighted by Gasteiger charge is 2.28. The summed E-state index contributed by atoms with van der Waals surface area (Å²) in [6.45, 7) is 1.83. The maximum Gasteiger partial charge on any atom is 0.327 e. The third kappa shape index (κ3) is 3.06. The number of nitrogens with zero attached hydrogens (tertiary/aromatic N) is 1. The second-order valence-corrected chi connectivity index (χ2v) is 6.62. The Labute approximate surface area is 119 Å². The summed E-state index contributed by atoms with van der Waals surface area (Å²) in [7, 11) is -3.96. The average molecular weight is 315 g/mol. The summed E-state index contributed by atoms with van der Waals surface area (Å²) in [5.41, 5.74) is 0. The van der Waals surface area contributed by atoms with Gasteiger partial charge in [-0.3, -0.25) is 4.79 Å². The summed E-state index contributed by atoms with van der Waals surface area (Å²) >= 11 is 1.17. The van der Waals surface area contributed by atoms with Crippen LogP contribution in [-0.4, -0.2) is 29.5 Å². The molecule has 0 saturated heterocycles. The summed E-state index contributed by atoms with van der Waals surface area (Å²) in [6.07, 6.45) is 1.73. The number of sulfonamides is 1. The molecule has 108 valence electrons. The molecule has 0 aliphatic heterocycles. The number of aromatic nitrogens is 2. The molecular formula is C11H13N3O4S2. The Morgan fingerprint density at radius 3 is 2.85 bits per heavy atom. The average Bonchev–Trinajstić information content (AvgIpc) is 3.06. The molecule has 0 amide bonds. The normalized spacial score (nSPS) is 13.2. The molecule has 0 bridgehead atoms. The molecule has 1 atom stereocenters. The zero-order chi connectivity index (χ0) is 14.8. The lowest BCUT2D eigenvalue weighted by molar-refractivity contribution is -0.139. The Hall–Kier alpha value is -1.71. The fraction of sp³-hybridized carbons (Fsp3) is 0.273. The van der Waals surface area contributed by atoms with Gasteiger partial charge in [0.05, 0.1) is 6.20 Å². The maximum absolute atomic E-state index is 12.1. The molecule has 0 spiro atoms. The quantitative estimate of drug-likeness (QED) is 0.740. The second kappa shape index (κ2) is 5.73. The molecule has 0 aliphatic rings. The molecule has 2 heterocycles. The number of carboxylic acids is 1. The number of aromatic amines is 1. The number of aliphatic carboxylic acids is 1. The van der Waals surface area contributed by atoms with Gasteiger partial charge in [-0.2, -0.15) is 4.72 Å². The van der Waals surface area contributed by atoms with Crippen LogP contribution in [-0.2, 0) is 21.2 Å². The number of carbonyl (C=O) groups is 1. The van der Waals surface area contributed by atoms with Crippen molar-refractivity contribution < 1.29 is 18.3 Å². The predicted molar refractivity (Wildman–Crippen MR) is 73.0 cm³/mol. The van der Waals surface area contributed by atoms with Crippen LogP contribution in [0.5, 0.6) is 0 Å². The zero-order valence-electron chi connectivity index (χ0n) is 10.5. The third-order valence-electron chi connectivity index (χ3n) is 2.58. The van der Waals surface area contributed by atoms with E-state index in [1.807, 2.05) is 6.92 Å². The van der Waals surface area contributed by atoms with E-state index < -0.39 is 22.0 Å². The molecule has 9 heteroatoms. The first kappa shape index (κ1) is 14.7. The number of rotatable bonds is 6. The molecular weight excluding hydrogens is 302 g/mol. The van der Waals surface area contributed by atoms with Crippen LogP contribution in [0.2, 0.25) is 0 Å². The first-order chi connectivity index (χ1) is 9.44. The van der Waals surface area contributed by atoms with E-state index in [9.17, 15) is 13.2 Å². The number of H-pyrrole nitrogens is 1. The Balaban J connectivity index is 2.28. The molecule has 2 aromatic rings. The van der Waals surface area contributed by atoms with Crippen molar-refractivity contribution >= 4 is 27.3 Å². The van der Waals surface area contributed by atoms with Crippen molar-refractivity contribution in [3.8, 4) is 0 Å². The Morgan fingerprint density at radius 1 is 1.60 bits per heavy atom. The minimum Gasteiger partial charge on any atom is -0.480 e. The Kier molecular flexibility index (Phi) is 4.21. The van der Waals surface area contributed by atoms with Gasteiger partial charge in [0.2, 0.25) is 0 Å². The molecule has 2 rings (SSSR count). The second-order valence-electron chi connectivity index (χ2n) is 3.96. The van der Waals surface area contributed by atoms with Crippen LogP contribution in [0.4, 0.5) is 0 Å². The minimum atomic E-state index is -3.96. The van der Waals surface area contributed by atoms with Crippen molar-refractivity contribution in [2.24, 2.45) is 0 Å². The van der Waals surface area contributed by atoms with E-state index in [0.717, 1.165) is 0 Å². The molecule has 1 unspecified atom stereocenters. The van der Waals surface area contributed by atoms with Crippen LogP contribution >= 0.6 is 11.3 Å². The van der Waals surface area contributed by atoms with Crippen molar-refractivity contribution in [1.82, 2.24) is 14.7 Å². The van der Waals surface area contributed by atoms with E-state index in [1.165, 1.54) is 17.5 Å². The maximum atomic E-state index is 12.1. The van der Waals surface area contributed by atoms with Crippen molar-refractivity contribution in [2.75, 3.05) is 0 Å². The molecule has 0 radical (unpaired) electrons. The molecule has 0 aromatic carbocycles. The van der Waals surface area contributed by atoms with Crippen LogP contribution in [0.1, 0.15) is 23.7 Å². The van der Waals surface area contributed by atoms with Crippen molar-refractivity contribution in [1.29, 1.82) is 0 Å². The van der Waals surface area contributed by atoms with Crippen LogP contribution in [0.3, 0.4) is 0 Å². The lowest BCUT2D eigenvalue weighted by Gasteiger charge is -2.12. The number of hydrogen-bond acceptors (Lipinski definition) is 5. The van der Waals surface area contributed by atoms with Crippen molar-refractivity contribution in [3.05, 3.63) is 34.4 Å². The van der Waals surface area contributed by atoms with Gasteiger partial charge in [-0.1, -0.05) is 13.0 Å². The monoisotopic (exact) mass is 315 g/mol. The number of thiophene rings is 1. The van der Waals surface area contributed by atoms with E-state index in [0.29, 0.717) is 17.1 Å². The SMILES string of the molecule is CCc1ncc(S(=O)(=O)NC(C(=O)O)c2cccs2)[nH]1. The molecule has 0 saturated carbocycles. The van der Waals surface area contributed by atoms with Gasteiger partial charge in [0, 0.05) is 11.3 Å². The van der Waals surface area contributed by atoms with Gasteiger partial charge in [0.25, 0.3) is 10.0 Å². The number of imidazole rings is 1. The van der Waals surface area contributed by atoms with Crippen molar-refractivity contribution in [3.63, 3.8) is 0 Å². The number of aryl methyl sites for hydroxylation is 1. The Morgan fingerprint density at radius 2 is 2.35 bits per heavy atom. The minimum absolute atomic E-state index is 0.142. The highest BCUT2D eigenvalue weighted by Crippen LogP contribution is 2.21. The summed E-state index contributed by atoms with van der Waals surface area (Å²) in [4.78, 5) is 18.2. The number of nitrogens with one attached hydrogen (secondary N) is 2. The summed E-state index contributed by atoms with van der Waals surface area (Å²) in [5.74, 6) is -0.736. The van der Waals surface area contributed by atoms with E-state index in [1.54, 1.807) is 17.5 Å². The number of hydrogen-bond donors (Lipinski definition) is 3. The van der Waals surface area contributed by atoms with E-state index in [4.69, 9.17) is 5.11 Å². The third-order valence-corrected chi connectivity index (χ3v) is 4.85. The lowest BCUT2D eigenvalue weighted by atomic mass is 10.3. The van der Waals surface area contributed by atoms with Gasteiger partial charge in [-0.25, -0.2) is 13.4 Å². The summed E-state index contributed by atoms with van der Waals surface area (Å²) in [5, 5.41) is 10.7. The first-order valence-corrected chi connectivity index (χ1v) is 8.12. The largest absolute Gasteiger partial charge is 0.480 e. The highest BCUT2D eigenvalue weighted by atomic mass is 32.2. The van der Waals surface area contributed by atoms with Crippen LogP contribution in [0.15, 0.2) is 28.7 Å². The van der Waals surface area contributed by atoms with Gasteiger partial charge in [-0.05, 0) is 11.4 Å². The topological polar surface area (TPSA) is 112 Å². The first-order valence-electron chi connectivity index (χ1n) is 5.76. The number of carboxylic acid groups (broad SMARTS) is 1. The smallest absolute Gasteiger partial charge is 0.327 e. The molecule has 0 fully saturated rings. The van der Waals surface area contributed by atoms with Crippen LogP contribution < -0.4 is 4.72 Å². The lowest BCUT2D eigenvalue weighted by Crippen LogP contribution is -2.33. The fourth-order valence-electron chi connectivity index (χ4n) is 1.56. The zero-order valence-corrected chi connectivity index (χ0v) is 12.2. The van der Waals surface area contributed by atoms with E-state index in [2.05, 4.69) is 14.7 Å². The van der Waals surface area contributed by atoms with Crippen LogP contribution in [0.25, 0.3) is 0 Å². The van der Waals surface area contributed by atoms with Gasteiger partial charge in [0.1, 0.15) is 5.82 Å². The molecule has 20 heavy (non-hydrogen) atoms. The standard InChI is InChI=1S/C11H13N3O4S2/c1-2-8-12-6-9(13-8)20(17,18)14-10(11(15)16)7-4-3-5-19-7/h3-6,10,14H,2H2,1H3,(H,12,13)(H,15,16). The molecule has 7 nitrogen and oxygen atoms in total. The fourth-order valence-corrected chi connectivity index (χ4v) is 3.51. The highest BCUT2D eigenvalue weighted by molar-refractivity contribution is 7.89. The molecule has 2 aromatic heterocycles. The van der Waals surface area contributed by atoms with E-state index in [-0.39, 0.29) is 5.03 Å². The predicted octanol–water partition coefficient (Wildman–Crippen LogP) is 1.14.